The van der Waals surface area contributed by atoms with E-state index in [0.717, 1.165) is 32.2 Å². The third-order valence-electron chi connectivity index (χ3n) is 3.65. The minimum atomic E-state index is -2.26. The molecule has 21 heavy (non-hydrogen) atoms. The van der Waals surface area contributed by atoms with E-state index in [4.69, 9.17) is 11.6 Å². The number of fused-ring (bicyclic) bond motifs is 1. The van der Waals surface area contributed by atoms with Gasteiger partial charge in [0.1, 0.15) is 7.14 Å². The second kappa shape index (κ2) is 5.33. The van der Waals surface area contributed by atoms with E-state index in [2.05, 4.69) is 12.1 Å². The molecule has 3 aromatic carbocycles. The Bertz CT molecular complexity index is 864. The molecule has 0 aliphatic rings. The Hall–Kier alpha value is -1.56. The summed E-state index contributed by atoms with van der Waals surface area (Å²) in [5.74, 6) is 0. The number of hydrogen-bond donors (Lipinski definition) is 0. The second-order valence-electron chi connectivity index (χ2n) is 5.54. The van der Waals surface area contributed by atoms with Crippen LogP contribution in [-0.4, -0.2) is 13.3 Å². The lowest BCUT2D eigenvalue weighted by molar-refractivity contribution is 0.588. The number of halogens is 1. The molecule has 0 aromatic heterocycles. The Balaban J connectivity index is 2.27. The molecule has 0 fully saturated rings. The maximum atomic E-state index is 12.3. The van der Waals surface area contributed by atoms with E-state index in [1.807, 2.05) is 48.5 Å². The molecule has 0 N–H and O–H groups in total. The van der Waals surface area contributed by atoms with Gasteiger partial charge in [-0.2, -0.15) is 0 Å². The topological polar surface area (TPSA) is 17.1 Å². The maximum Gasteiger partial charge on any atom is 0.109 e. The van der Waals surface area contributed by atoms with Crippen LogP contribution in [0, 0.1) is 0 Å². The summed E-state index contributed by atoms with van der Waals surface area (Å²) in [6.07, 6.45) is 0. The molecule has 3 rings (SSSR count). The maximum absolute atomic E-state index is 12.3. The molecule has 0 atom stereocenters. The number of rotatable bonds is 2. The fourth-order valence-corrected chi connectivity index (χ4v) is 3.65. The number of benzene rings is 3. The van der Waals surface area contributed by atoms with E-state index in [1.165, 1.54) is 0 Å². The highest BCUT2D eigenvalue weighted by Gasteiger charge is 2.13. The standard InChI is InChI=1S/C18H16ClOP/c1-21(2,20)14-7-5-6-13(12-14)15-10-11-18(19)17-9-4-3-8-16(15)17/h3-12H,1-2H3. The third-order valence-corrected chi connectivity index (χ3v) is 5.50. The molecule has 3 heteroatoms. The Kier molecular flexibility index (Phi) is 3.65. The SMILES string of the molecule is CP(C)(=O)c1cccc(-c2ccc(Cl)c3ccccc23)c1. The first-order chi connectivity index (χ1) is 9.97. The van der Waals surface area contributed by atoms with Crippen molar-refractivity contribution in [2.75, 3.05) is 13.3 Å². The molecule has 0 bridgehead atoms. The highest BCUT2D eigenvalue weighted by atomic mass is 35.5. The van der Waals surface area contributed by atoms with Crippen molar-refractivity contribution >= 4 is 34.8 Å². The minimum Gasteiger partial charge on any atom is -0.319 e. The molecule has 0 radical (unpaired) electrons. The van der Waals surface area contributed by atoms with Crippen molar-refractivity contribution in [3.05, 3.63) is 65.7 Å². The van der Waals surface area contributed by atoms with E-state index in [9.17, 15) is 4.57 Å². The van der Waals surface area contributed by atoms with Crippen molar-refractivity contribution in [3.8, 4) is 11.1 Å². The molecule has 0 saturated carbocycles. The molecule has 3 aromatic rings. The van der Waals surface area contributed by atoms with Gasteiger partial charge in [-0.3, -0.25) is 0 Å². The highest BCUT2D eigenvalue weighted by Crippen LogP contribution is 2.37. The van der Waals surface area contributed by atoms with E-state index in [-0.39, 0.29) is 0 Å². The molecule has 0 saturated heterocycles. The van der Waals surface area contributed by atoms with Gasteiger partial charge in [-0.25, -0.2) is 0 Å². The zero-order valence-corrected chi connectivity index (χ0v) is 13.7. The van der Waals surface area contributed by atoms with Gasteiger partial charge in [-0.05, 0) is 42.0 Å². The Labute approximate surface area is 129 Å². The van der Waals surface area contributed by atoms with Crippen molar-refractivity contribution in [2.24, 2.45) is 0 Å². The monoisotopic (exact) mass is 314 g/mol. The first-order valence-electron chi connectivity index (χ1n) is 6.80. The van der Waals surface area contributed by atoms with Crippen LogP contribution in [-0.2, 0) is 4.57 Å². The van der Waals surface area contributed by atoms with E-state index >= 15 is 0 Å². The smallest absolute Gasteiger partial charge is 0.109 e. The van der Waals surface area contributed by atoms with Crippen LogP contribution in [0.15, 0.2) is 60.7 Å². The van der Waals surface area contributed by atoms with Gasteiger partial charge in [0.15, 0.2) is 0 Å². The summed E-state index contributed by atoms with van der Waals surface area (Å²) >= 11 is 6.28. The summed E-state index contributed by atoms with van der Waals surface area (Å²) in [4.78, 5) is 0. The average molecular weight is 315 g/mol. The summed E-state index contributed by atoms with van der Waals surface area (Å²) in [6.45, 7) is 3.60. The van der Waals surface area contributed by atoms with Crippen LogP contribution in [0.5, 0.6) is 0 Å². The molecule has 1 nitrogen and oxygen atoms in total. The normalized spacial score (nSPS) is 11.8. The van der Waals surface area contributed by atoms with Crippen LogP contribution in [0.2, 0.25) is 5.02 Å². The van der Waals surface area contributed by atoms with Crippen LogP contribution in [0.3, 0.4) is 0 Å². The molecule has 0 amide bonds. The fourth-order valence-electron chi connectivity index (χ4n) is 2.52. The average Bonchev–Trinajstić information content (AvgIpc) is 2.47. The molecule has 0 heterocycles. The van der Waals surface area contributed by atoms with Crippen molar-refractivity contribution in [1.82, 2.24) is 0 Å². The second-order valence-corrected chi connectivity index (χ2v) is 9.17. The van der Waals surface area contributed by atoms with Gasteiger partial charge in [0, 0.05) is 15.7 Å². The summed E-state index contributed by atoms with van der Waals surface area (Å²) in [7, 11) is -2.26. The lowest BCUT2D eigenvalue weighted by atomic mass is 9.98. The molecule has 0 unspecified atom stereocenters. The molecule has 106 valence electrons. The highest BCUT2D eigenvalue weighted by molar-refractivity contribution is 7.70. The van der Waals surface area contributed by atoms with Gasteiger partial charge in [-0.1, -0.05) is 60.1 Å². The quantitative estimate of drug-likeness (QED) is 0.578. The van der Waals surface area contributed by atoms with Crippen LogP contribution >= 0.6 is 18.7 Å². The van der Waals surface area contributed by atoms with Gasteiger partial charge >= 0.3 is 0 Å². The van der Waals surface area contributed by atoms with Crippen molar-refractivity contribution in [1.29, 1.82) is 0 Å². The lowest BCUT2D eigenvalue weighted by Crippen LogP contribution is -2.02. The fraction of sp³-hybridized carbons (Fsp3) is 0.111. The summed E-state index contributed by atoms with van der Waals surface area (Å²) in [5, 5.41) is 3.81. The predicted molar refractivity (Wildman–Crippen MR) is 93.5 cm³/mol. The van der Waals surface area contributed by atoms with Crippen LogP contribution in [0.25, 0.3) is 21.9 Å². The Morgan fingerprint density at radius 2 is 1.57 bits per heavy atom. The molecule has 0 aliphatic heterocycles. The van der Waals surface area contributed by atoms with Gasteiger partial charge < -0.3 is 4.57 Å². The summed E-state index contributed by atoms with van der Waals surface area (Å²) < 4.78 is 12.3. The van der Waals surface area contributed by atoms with E-state index < -0.39 is 7.14 Å². The third kappa shape index (κ3) is 2.77. The Morgan fingerprint density at radius 1 is 0.857 bits per heavy atom. The molecular weight excluding hydrogens is 299 g/mol. The minimum absolute atomic E-state index is 0.752. The van der Waals surface area contributed by atoms with E-state index in [0.29, 0.717) is 0 Å². The first-order valence-corrected chi connectivity index (χ1v) is 9.78. The summed E-state index contributed by atoms with van der Waals surface area (Å²) in [5.41, 5.74) is 2.19. The van der Waals surface area contributed by atoms with Crippen LogP contribution in [0.1, 0.15) is 0 Å². The van der Waals surface area contributed by atoms with Gasteiger partial charge in [-0.15, -0.1) is 0 Å². The largest absolute Gasteiger partial charge is 0.319 e. The van der Waals surface area contributed by atoms with Gasteiger partial charge in [0.05, 0.1) is 0 Å². The lowest BCUT2D eigenvalue weighted by Gasteiger charge is -2.12. The van der Waals surface area contributed by atoms with Crippen LogP contribution in [0.4, 0.5) is 0 Å². The zero-order chi connectivity index (χ0) is 15.0. The van der Waals surface area contributed by atoms with Gasteiger partial charge in [0.25, 0.3) is 0 Å². The predicted octanol–water partition coefficient (Wildman–Crippen LogP) is 5.41. The summed E-state index contributed by atoms with van der Waals surface area (Å²) in [6, 6.07) is 20.0. The molecular formula is C18H16ClOP. The van der Waals surface area contributed by atoms with Crippen molar-refractivity contribution in [3.63, 3.8) is 0 Å². The van der Waals surface area contributed by atoms with Gasteiger partial charge in [0.2, 0.25) is 0 Å². The Morgan fingerprint density at radius 3 is 2.29 bits per heavy atom. The zero-order valence-electron chi connectivity index (χ0n) is 12.0. The first kappa shape index (κ1) is 14.4. The molecule has 0 aliphatic carbocycles. The molecule has 0 spiro atoms. The van der Waals surface area contributed by atoms with Crippen molar-refractivity contribution in [2.45, 2.75) is 0 Å². The van der Waals surface area contributed by atoms with Crippen molar-refractivity contribution < 1.29 is 4.57 Å². The van der Waals surface area contributed by atoms with E-state index in [1.54, 1.807) is 13.3 Å². The number of hydrogen-bond acceptors (Lipinski definition) is 1. The van der Waals surface area contributed by atoms with Crippen LogP contribution < -0.4 is 5.30 Å².